The Bertz CT molecular complexity index is 439. The van der Waals surface area contributed by atoms with E-state index in [1.165, 1.54) is 0 Å². The van der Waals surface area contributed by atoms with Crippen molar-refractivity contribution in [1.82, 2.24) is 15.1 Å². The lowest BCUT2D eigenvalue weighted by Gasteiger charge is -2.17. The van der Waals surface area contributed by atoms with Gasteiger partial charge >= 0.3 is 5.97 Å². The Morgan fingerprint density at radius 1 is 1.47 bits per heavy atom. The predicted octanol–water partition coefficient (Wildman–Crippen LogP) is 0.568. The van der Waals surface area contributed by atoms with E-state index in [0.29, 0.717) is 11.3 Å². The van der Waals surface area contributed by atoms with Crippen molar-refractivity contribution < 1.29 is 14.7 Å². The second kappa shape index (κ2) is 4.99. The molecule has 1 aromatic rings. The normalized spacial score (nSPS) is 14.1. The third-order valence-corrected chi connectivity index (χ3v) is 2.76. The molecule has 0 spiro atoms. The monoisotopic (exact) mass is 239 g/mol. The summed E-state index contributed by atoms with van der Waals surface area (Å²) in [5.74, 6) is -1.85. The summed E-state index contributed by atoms with van der Waals surface area (Å²) in [7, 11) is 1.73. The Balaban J connectivity index is 2.73. The molecule has 0 radical (unpaired) electrons. The first-order valence-corrected chi connectivity index (χ1v) is 5.36. The standard InChI is InChI=1S/C11H17N3O3/c1-6(11(16)17)7(2)12-10(15)9-5-14(4)13-8(9)3/h5-7H,1-4H3,(H,12,15)(H,16,17). The summed E-state index contributed by atoms with van der Waals surface area (Å²) >= 11 is 0. The smallest absolute Gasteiger partial charge is 0.308 e. The van der Waals surface area contributed by atoms with Gasteiger partial charge in [0.1, 0.15) is 0 Å². The molecule has 2 unspecified atom stereocenters. The fourth-order valence-corrected chi connectivity index (χ4v) is 1.45. The third kappa shape index (κ3) is 3.05. The molecule has 0 fully saturated rings. The average molecular weight is 239 g/mol. The van der Waals surface area contributed by atoms with Gasteiger partial charge in [0.05, 0.1) is 17.2 Å². The van der Waals surface area contributed by atoms with Crippen LogP contribution < -0.4 is 5.32 Å². The average Bonchev–Trinajstić information content (AvgIpc) is 2.56. The zero-order valence-corrected chi connectivity index (χ0v) is 10.4. The minimum absolute atomic E-state index is 0.295. The van der Waals surface area contributed by atoms with Crippen LogP contribution in [0.2, 0.25) is 0 Å². The minimum atomic E-state index is -0.930. The molecule has 17 heavy (non-hydrogen) atoms. The number of carboxylic acids is 1. The van der Waals surface area contributed by atoms with E-state index in [4.69, 9.17) is 5.11 Å². The second-order valence-corrected chi connectivity index (χ2v) is 4.19. The number of carbonyl (C=O) groups is 2. The molecule has 1 heterocycles. The number of nitrogens with one attached hydrogen (secondary N) is 1. The molecule has 0 bridgehead atoms. The summed E-state index contributed by atoms with van der Waals surface area (Å²) < 4.78 is 1.55. The maximum Gasteiger partial charge on any atom is 0.308 e. The first-order valence-electron chi connectivity index (χ1n) is 5.36. The Morgan fingerprint density at radius 2 is 2.06 bits per heavy atom. The molecule has 0 aliphatic rings. The van der Waals surface area contributed by atoms with Gasteiger partial charge in [0, 0.05) is 19.3 Å². The first-order chi connectivity index (χ1) is 7.82. The van der Waals surface area contributed by atoms with Gasteiger partial charge in [-0.25, -0.2) is 0 Å². The predicted molar refractivity (Wildman–Crippen MR) is 61.7 cm³/mol. The van der Waals surface area contributed by atoms with Gasteiger partial charge < -0.3 is 10.4 Å². The van der Waals surface area contributed by atoms with Crippen LogP contribution in [-0.2, 0) is 11.8 Å². The number of aryl methyl sites for hydroxylation is 2. The summed E-state index contributed by atoms with van der Waals surface area (Å²) in [6.45, 7) is 4.96. The summed E-state index contributed by atoms with van der Waals surface area (Å²) in [6.07, 6.45) is 1.61. The van der Waals surface area contributed by atoms with Gasteiger partial charge in [-0.15, -0.1) is 0 Å². The van der Waals surface area contributed by atoms with Crippen molar-refractivity contribution in [1.29, 1.82) is 0 Å². The molecule has 0 aliphatic heterocycles. The molecule has 6 nitrogen and oxygen atoms in total. The molecule has 0 aliphatic carbocycles. The van der Waals surface area contributed by atoms with Crippen molar-refractivity contribution in [2.75, 3.05) is 0 Å². The molecular formula is C11H17N3O3. The summed E-state index contributed by atoms with van der Waals surface area (Å²) in [6, 6.07) is -0.431. The number of carbonyl (C=O) groups excluding carboxylic acids is 1. The van der Waals surface area contributed by atoms with Crippen LogP contribution in [0.25, 0.3) is 0 Å². The maximum absolute atomic E-state index is 11.9. The van der Waals surface area contributed by atoms with Gasteiger partial charge in [-0.05, 0) is 20.8 Å². The lowest BCUT2D eigenvalue weighted by Crippen LogP contribution is -2.40. The molecule has 94 valence electrons. The van der Waals surface area contributed by atoms with E-state index in [9.17, 15) is 9.59 Å². The lowest BCUT2D eigenvalue weighted by atomic mass is 10.0. The van der Waals surface area contributed by atoms with Crippen LogP contribution in [0.5, 0.6) is 0 Å². The number of amides is 1. The first kappa shape index (κ1) is 13.2. The highest BCUT2D eigenvalue weighted by Gasteiger charge is 2.22. The van der Waals surface area contributed by atoms with Crippen molar-refractivity contribution in [3.8, 4) is 0 Å². The van der Waals surface area contributed by atoms with Crippen molar-refractivity contribution in [3.05, 3.63) is 17.5 Å². The highest BCUT2D eigenvalue weighted by atomic mass is 16.4. The van der Waals surface area contributed by atoms with Gasteiger partial charge in [0.15, 0.2) is 0 Å². The molecule has 0 saturated carbocycles. The number of carboxylic acid groups (broad SMARTS) is 1. The molecule has 2 N–H and O–H groups in total. The van der Waals surface area contributed by atoms with Gasteiger partial charge in [0.25, 0.3) is 5.91 Å². The zero-order valence-electron chi connectivity index (χ0n) is 10.4. The van der Waals surface area contributed by atoms with Crippen molar-refractivity contribution >= 4 is 11.9 Å². The van der Waals surface area contributed by atoms with E-state index in [0.717, 1.165) is 0 Å². The molecule has 1 rings (SSSR count). The van der Waals surface area contributed by atoms with Gasteiger partial charge in [-0.1, -0.05) is 0 Å². The number of aliphatic carboxylic acids is 1. The van der Waals surface area contributed by atoms with Gasteiger partial charge in [0.2, 0.25) is 0 Å². The van der Waals surface area contributed by atoms with Crippen LogP contribution in [-0.4, -0.2) is 32.8 Å². The third-order valence-electron chi connectivity index (χ3n) is 2.76. The second-order valence-electron chi connectivity index (χ2n) is 4.19. The number of nitrogens with zero attached hydrogens (tertiary/aromatic N) is 2. The molecule has 1 amide bonds. The fraction of sp³-hybridized carbons (Fsp3) is 0.545. The van der Waals surface area contributed by atoms with E-state index in [-0.39, 0.29) is 5.91 Å². The van der Waals surface area contributed by atoms with Gasteiger partial charge in [-0.3, -0.25) is 14.3 Å². The summed E-state index contributed by atoms with van der Waals surface area (Å²) in [5, 5.41) is 15.5. The van der Waals surface area contributed by atoms with Crippen LogP contribution in [0.4, 0.5) is 0 Å². The largest absolute Gasteiger partial charge is 0.481 e. The van der Waals surface area contributed by atoms with Gasteiger partial charge in [-0.2, -0.15) is 5.10 Å². The lowest BCUT2D eigenvalue weighted by molar-refractivity contribution is -0.141. The SMILES string of the molecule is Cc1nn(C)cc1C(=O)NC(C)C(C)C(=O)O. The van der Waals surface area contributed by atoms with Crippen molar-refractivity contribution in [3.63, 3.8) is 0 Å². The highest BCUT2D eigenvalue weighted by Crippen LogP contribution is 2.07. The van der Waals surface area contributed by atoms with Crippen LogP contribution in [0.1, 0.15) is 29.9 Å². The van der Waals surface area contributed by atoms with Crippen LogP contribution >= 0.6 is 0 Å². The van der Waals surface area contributed by atoms with E-state index in [1.807, 2.05) is 0 Å². The number of hydrogen-bond acceptors (Lipinski definition) is 3. The highest BCUT2D eigenvalue weighted by molar-refractivity contribution is 5.95. The van der Waals surface area contributed by atoms with E-state index in [1.54, 1.807) is 38.7 Å². The maximum atomic E-state index is 11.9. The molecule has 1 aromatic heterocycles. The molecule has 0 saturated heterocycles. The van der Waals surface area contributed by atoms with Crippen LogP contribution in [0.3, 0.4) is 0 Å². The summed E-state index contributed by atoms with van der Waals surface area (Å²) in [5.41, 5.74) is 1.09. The van der Waals surface area contributed by atoms with Crippen LogP contribution in [0.15, 0.2) is 6.20 Å². The number of rotatable bonds is 4. The van der Waals surface area contributed by atoms with E-state index < -0.39 is 17.9 Å². The Kier molecular flexibility index (Phi) is 3.88. The van der Waals surface area contributed by atoms with Crippen LogP contribution in [0, 0.1) is 12.8 Å². The number of aromatic nitrogens is 2. The fourth-order valence-electron chi connectivity index (χ4n) is 1.45. The minimum Gasteiger partial charge on any atom is -0.481 e. The quantitative estimate of drug-likeness (QED) is 0.804. The molecule has 6 heteroatoms. The topological polar surface area (TPSA) is 84.2 Å². The van der Waals surface area contributed by atoms with Crippen molar-refractivity contribution in [2.24, 2.45) is 13.0 Å². The van der Waals surface area contributed by atoms with Crippen molar-refractivity contribution in [2.45, 2.75) is 26.8 Å². The van der Waals surface area contributed by atoms with E-state index >= 15 is 0 Å². The number of hydrogen-bond donors (Lipinski definition) is 2. The Morgan fingerprint density at radius 3 is 2.47 bits per heavy atom. The van der Waals surface area contributed by atoms with E-state index in [2.05, 4.69) is 10.4 Å². The molecular weight excluding hydrogens is 222 g/mol. The Hall–Kier alpha value is -1.85. The molecule has 0 aromatic carbocycles. The zero-order chi connectivity index (χ0) is 13.2. The molecule has 2 atom stereocenters. The Labute approximate surface area is 99.6 Å². The summed E-state index contributed by atoms with van der Waals surface area (Å²) in [4.78, 5) is 22.6.